The number of unbranched alkanes of at least 4 members (excludes halogenated alkanes) is 1. The van der Waals surface area contributed by atoms with Crippen molar-refractivity contribution in [2.45, 2.75) is 31.8 Å². The van der Waals surface area contributed by atoms with Gasteiger partial charge >= 0.3 is 5.97 Å². The second-order valence-corrected chi connectivity index (χ2v) is 7.67. The SMILES string of the molecule is CCCCOC(=O)c1ccc(NC(=O)CSc2nncn2-c2ccc(C)cc2)cc1. The number of ether oxygens (including phenoxy) is 1. The lowest BCUT2D eigenvalue weighted by atomic mass is 10.2. The highest BCUT2D eigenvalue weighted by molar-refractivity contribution is 7.99. The molecule has 0 aliphatic rings. The summed E-state index contributed by atoms with van der Waals surface area (Å²) in [4.78, 5) is 24.2. The molecule has 2 aromatic carbocycles. The predicted molar refractivity (Wildman–Crippen MR) is 117 cm³/mol. The molecule has 156 valence electrons. The van der Waals surface area contributed by atoms with Crippen molar-refractivity contribution in [2.75, 3.05) is 17.7 Å². The highest BCUT2D eigenvalue weighted by atomic mass is 32.2. The summed E-state index contributed by atoms with van der Waals surface area (Å²) in [6.45, 7) is 4.48. The fourth-order valence-corrected chi connectivity index (χ4v) is 3.34. The Morgan fingerprint density at radius 1 is 1.10 bits per heavy atom. The molecule has 3 aromatic rings. The van der Waals surface area contributed by atoms with E-state index < -0.39 is 0 Å². The first-order chi connectivity index (χ1) is 14.6. The summed E-state index contributed by atoms with van der Waals surface area (Å²) in [7, 11) is 0. The molecule has 7 nitrogen and oxygen atoms in total. The van der Waals surface area contributed by atoms with Crippen LogP contribution in [0.15, 0.2) is 60.0 Å². The number of hydrogen-bond donors (Lipinski definition) is 1. The van der Waals surface area contributed by atoms with Gasteiger partial charge in [-0.25, -0.2) is 4.79 Å². The normalized spacial score (nSPS) is 10.6. The number of anilines is 1. The molecule has 0 bridgehead atoms. The van der Waals surface area contributed by atoms with Crippen LogP contribution in [0.5, 0.6) is 0 Å². The van der Waals surface area contributed by atoms with Gasteiger partial charge < -0.3 is 10.1 Å². The van der Waals surface area contributed by atoms with Gasteiger partial charge in [0.25, 0.3) is 0 Å². The van der Waals surface area contributed by atoms with E-state index in [0.717, 1.165) is 18.5 Å². The maximum atomic E-state index is 12.3. The monoisotopic (exact) mass is 424 g/mol. The van der Waals surface area contributed by atoms with Crippen LogP contribution >= 0.6 is 11.8 Å². The summed E-state index contributed by atoms with van der Waals surface area (Å²) in [5.41, 5.74) is 3.19. The number of carbonyl (C=O) groups is 2. The van der Waals surface area contributed by atoms with Gasteiger partial charge in [-0.3, -0.25) is 9.36 Å². The van der Waals surface area contributed by atoms with Gasteiger partial charge in [-0.2, -0.15) is 0 Å². The Labute approximate surface area is 179 Å². The van der Waals surface area contributed by atoms with Crippen LogP contribution in [0.25, 0.3) is 5.69 Å². The van der Waals surface area contributed by atoms with Crippen molar-refractivity contribution in [3.8, 4) is 5.69 Å². The first kappa shape index (κ1) is 21.6. The number of amides is 1. The zero-order valence-electron chi connectivity index (χ0n) is 17.0. The van der Waals surface area contributed by atoms with Crippen LogP contribution in [0.4, 0.5) is 5.69 Å². The van der Waals surface area contributed by atoms with E-state index in [1.807, 2.05) is 42.7 Å². The number of esters is 1. The molecule has 0 radical (unpaired) electrons. The number of benzene rings is 2. The minimum absolute atomic E-state index is 0.170. The van der Waals surface area contributed by atoms with Gasteiger partial charge in [0.05, 0.1) is 17.9 Å². The maximum absolute atomic E-state index is 12.3. The fraction of sp³-hybridized carbons (Fsp3) is 0.273. The standard InChI is InChI=1S/C22H24N4O3S/c1-3-4-13-29-21(28)17-7-9-18(10-8-17)24-20(27)14-30-22-25-23-15-26(22)19-11-5-16(2)6-12-19/h5-12,15H,3-4,13-14H2,1-2H3,(H,24,27). The lowest BCUT2D eigenvalue weighted by molar-refractivity contribution is -0.113. The van der Waals surface area contributed by atoms with Gasteiger partial charge in [0.1, 0.15) is 6.33 Å². The van der Waals surface area contributed by atoms with Gasteiger partial charge in [-0.15, -0.1) is 10.2 Å². The molecule has 1 N–H and O–H groups in total. The van der Waals surface area contributed by atoms with Crippen LogP contribution in [0.2, 0.25) is 0 Å². The highest BCUT2D eigenvalue weighted by Crippen LogP contribution is 2.20. The van der Waals surface area contributed by atoms with Crippen molar-refractivity contribution in [3.05, 3.63) is 66.0 Å². The Kier molecular flexibility index (Phi) is 7.62. The van der Waals surface area contributed by atoms with Crippen molar-refractivity contribution < 1.29 is 14.3 Å². The van der Waals surface area contributed by atoms with Crippen molar-refractivity contribution in [1.29, 1.82) is 0 Å². The minimum Gasteiger partial charge on any atom is -0.462 e. The van der Waals surface area contributed by atoms with E-state index in [1.54, 1.807) is 30.6 Å². The smallest absolute Gasteiger partial charge is 0.338 e. The van der Waals surface area contributed by atoms with E-state index in [4.69, 9.17) is 4.74 Å². The third-order valence-corrected chi connectivity index (χ3v) is 5.24. The van der Waals surface area contributed by atoms with Crippen LogP contribution in [-0.4, -0.2) is 39.0 Å². The molecule has 3 rings (SSSR count). The molecule has 0 unspecified atom stereocenters. The lowest BCUT2D eigenvalue weighted by Crippen LogP contribution is -2.14. The Morgan fingerprint density at radius 2 is 1.83 bits per heavy atom. The van der Waals surface area contributed by atoms with Gasteiger partial charge in [0.15, 0.2) is 5.16 Å². The topological polar surface area (TPSA) is 86.1 Å². The Bertz CT molecular complexity index is 984. The van der Waals surface area contributed by atoms with Crippen LogP contribution in [-0.2, 0) is 9.53 Å². The quantitative estimate of drug-likeness (QED) is 0.314. The highest BCUT2D eigenvalue weighted by Gasteiger charge is 2.11. The third kappa shape index (κ3) is 5.93. The molecule has 0 atom stereocenters. The summed E-state index contributed by atoms with van der Waals surface area (Å²) < 4.78 is 7.02. The zero-order chi connectivity index (χ0) is 21.3. The largest absolute Gasteiger partial charge is 0.462 e. The lowest BCUT2D eigenvalue weighted by Gasteiger charge is -2.08. The first-order valence-corrected chi connectivity index (χ1v) is 10.7. The van der Waals surface area contributed by atoms with Crippen molar-refractivity contribution in [1.82, 2.24) is 14.8 Å². The molecule has 0 saturated carbocycles. The van der Waals surface area contributed by atoms with E-state index in [1.165, 1.54) is 17.3 Å². The van der Waals surface area contributed by atoms with Gasteiger partial charge in [0, 0.05) is 11.4 Å². The van der Waals surface area contributed by atoms with Crippen LogP contribution in [0.3, 0.4) is 0 Å². The van der Waals surface area contributed by atoms with Crippen LogP contribution in [0, 0.1) is 6.92 Å². The maximum Gasteiger partial charge on any atom is 0.338 e. The van der Waals surface area contributed by atoms with Gasteiger partial charge in [-0.1, -0.05) is 42.8 Å². The molecule has 1 heterocycles. The van der Waals surface area contributed by atoms with Gasteiger partial charge in [0.2, 0.25) is 5.91 Å². The number of nitrogens with zero attached hydrogens (tertiary/aromatic N) is 3. The molecule has 0 fully saturated rings. The number of aryl methyl sites for hydroxylation is 1. The molecule has 1 amide bonds. The summed E-state index contributed by atoms with van der Waals surface area (Å²) in [5.74, 6) is -0.338. The van der Waals surface area contributed by atoms with Crippen molar-refractivity contribution in [2.24, 2.45) is 0 Å². The second kappa shape index (κ2) is 10.6. The van der Waals surface area contributed by atoms with E-state index in [2.05, 4.69) is 15.5 Å². The van der Waals surface area contributed by atoms with Crippen LogP contribution in [0.1, 0.15) is 35.7 Å². The average molecular weight is 425 g/mol. The molecular weight excluding hydrogens is 400 g/mol. The third-order valence-electron chi connectivity index (χ3n) is 4.30. The summed E-state index contributed by atoms with van der Waals surface area (Å²) in [6.07, 6.45) is 3.44. The molecule has 0 aliphatic carbocycles. The predicted octanol–water partition coefficient (Wildman–Crippen LogP) is 4.26. The van der Waals surface area contributed by atoms with E-state index in [-0.39, 0.29) is 17.6 Å². The number of carbonyl (C=O) groups excluding carboxylic acids is 2. The van der Waals surface area contributed by atoms with Gasteiger partial charge in [-0.05, 0) is 49.7 Å². The summed E-state index contributed by atoms with van der Waals surface area (Å²) >= 11 is 1.30. The van der Waals surface area contributed by atoms with E-state index in [0.29, 0.717) is 23.0 Å². The Hall–Kier alpha value is -3.13. The Morgan fingerprint density at radius 3 is 2.53 bits per heavy atom. The number of nitrogens with one attached hydrogen (secondary N) is 1. The molecule has 0 aliphatic heterocycles. The summed E-state index contributed by atoms with van der Waals surface area (Å²) in [6, 6.07) is 14.7. The number of aromatic nitrogens is 3. The van der Waals surface area contributed by atoms with Crippen LogP contribution < -0.4 is 5.32 Å². The number of rotatable bonds is 9. The Balaban J connectivity index is 1.52. The molecule has 0 spiro atoms. The summed E-state index contributed by atoms with van der Waals surface area (Å²) in [5, 5.41) is 11.5. The fourth-order valence-electron chi connectivity index (χ4n) is 2.61. The molecule has 8 heteroatoms. The van der Waals surface area contributed by atoms with Crippen molar-refractivity contribution >= 4 is 29.3 Å². The molecular formula is C22H24N4O3S. The minimum atomic E-state index is -0.354. The molecule has 0 saturated heterocycles. The van der Waals surface area contributed by atoms with E-state index in [9.17, 15) is 9.59 Å². The molecule has 1 aromatic heterocycles. The second-order valence-electron chi connectivity index (χ2n) is 6.72. The zero-order valence-corrected chi connectivity index (χ0v) is 17.8. The van der Waals surface area contributed by atoms with E-state index >= 15 is 0 Å². The first-order valence-electron chi connectivity index (χ1n) is 9.73. The van der Waals surface area contributed by atoms with Crippen molar-refractivity contribution in [3.63, 3.8) is 0 Å². The number of thioether (sulfide) groups is 1. The number of hydrogen-bond acceptors (Lipinski definition) is 6. The molecule has 30 heavy (non-hydrogen) atoms. The average Bonchev–Trinajstić information content (AvgIpc) is 3.22.